The fraction of sp³-hybridized carbons (Fsp3) is 0.300. The average molecular weight is 284 g/mol. The summed E-state index contributed by atoms with van der Waals surface area (Å²) >= 11 is 0. The Hall–Kier alpha value is -2.00. The molecule has 19 heavy (non-hydrogen) atoms. The summed E-state index contributed by atoms with van der Waals surface area (Å²) in [5.41, 5.74) is 0.534. The summed E-state index contributed by atoms with van der Waals surface area (Å²) in [7, 11) is -2.08. The molecule has 0 atom stereocenters. The maximum Gasteiger partial charge on any atom is 0.368 e. The van der Waals surface area contributed by atoms with Crippen molar-refractivity contribution in [1.29, 1.82) is 0 Å². The minimum atomic E-state index is -3.55. The standard InChI is InChI=1S/C10H12N4O4S/c1-13-10(15)14(12-11-13)9-6-4-3-5-8(9)7-18-19(2,16)17/h3-6H,7H2,1-2H3. The van der Waals surface area contributed by atoms with Crippen molar-refractivity contribution in [3.63, 3.8) is 0 Å². The molecule has 8 nitrogen and oxygen atoms in total. The minimum Gasteiger partial charge on any atom is -0.265 e. The minimum absolute atomic E-state index is 0.169. The lowest BCUT2D eigenvalue weighted by Gasteiger charge is -2.07. The molecule has 2 rings (SSSR count). The van der Waals surface area contributed by atoms with Crippen LogP contribution in [0.2, 0.25) is 0 Å². The Morgan fingerprint density at radius 2 is 1.95 bits per heavy atom. The van der Waals surface area contributed by atoms with Gasteiger partial charge in [0.2, 0.25) is 0 Å². The zero-order chi connectivity index (χ0) is 14.0. The second-order valence-corrected chi connectivity index (χ2v) is 5.54. The first-order chi connectivity index (χ1) is 8.88. The van der Waals surface area contributed by atoms with Crippen LogP contribution >= 0.6 is 0 Å². The molecule has 1 aromatic carbocycles. The van der Waals surface area contributed by atoms with Crippen molar-refractivity contribution in [3.8, 4) is 5.69 Å². The van der Waals surface area contributed by atoms with Gasteiger partial charge in [-0.05, 0) is 16.5 Å². The highest BCUT2D eigenvalue weighted by molar-refractivity contribution is 7.85. The third-order valence-electron chi connectivity index (χ3n) is 2.37. The highest BCUT2D eigenvalue weighted by Gasteiger charge is 2.12. The van der Waals surface area contributed by atoms with Crippen LogP contribution in [-0.4, -0.2) is 34.5 Å². The van der Waals surface area contributed by atoms with E-state index >= 15 is 0 Å². The third kappa shape index (κ3) is 3.06. The van der Waals surface area contributed by atoms with Gasteiger partial charge >= 0.3 is 5.69 Å². The van der Waals surface area contributed by atoms with Crippen LogP contribution in [0.4, 0.5) is 0 Å². The smallest absolute Gasteiger partial charge is 0.265 e. The Labute approximate surface area is 109 Å². The molecule has 0 saturated heterocycles. The summed E-state index contributed by atoms with van der Waals surface area (Å²) in [4.78, 5) is 11.8. The van der Waals surface area contributed by atoms with Gasteiger partial charge < -0.3 is 0 Å². The molecule has 0 fully saturated rings. The molecule has 2 aromatic rings. The molecule has 0 bridgehead atoms. The van der Waals surface area contributed by atoms with Gasteiger partial charge in [0.05, 0.1) is 18.6 Å². The van der Waals surface area contributed by atoms with Crippen LogP contribution in [0.3, 0.4) is 0 Å². The molecular weight excluding hydrogens is 272 g/mol. The summed E-state index contributed by atoms with van der Waals surface area (Å²) < 4.78 is 28.9. The molecular formula is C10H12N4O4S. The molecule has 0 amide bonds. The number of para-hydroxylation sites is 1. The summed E-state index contributed by atoms with van der Waals surface area (Å²) in [5.74, 6) is 0. The van der Waals surface area contributed by atoms with Gasteiger partial charge in [-0.2, -0.15) is 17.8 Å². The Kier molecular flexibility index (Phi) is 3.49. The van der Waals surface area contributed by atoms with Crippen molar-refractivity contribution in [2.24, 2.45) is 7.05 Å². The largest absolute Gasteiger partial charge is 0.368 e. The van der Waals surface area contributed by atoms with Gasteiger partial charge in [0.15, 0.2) is 0 Å². The van der Waals surface area contributed by atoms with Gasteiger partial charge in [0, 0.05) is 12.6 Å². The van der Waals surface area contributed by atoms with E-state index < -0.39 is 15.8 Å². The van der Waals surface area contributed by atoms with E-state index in [0.29, 0.717) is 11.3 Å². The zero-order valence-electron chi connectivity index (χ0n) is 10.3. The van der Waals surface area contributed by atoms with Gasteiger partial charge in [-0.3, -0.25) is 4.18 Å². The van der Waals surface area contributed by atoms with E-state index in [2.05, 4.69) is 10.4 Å². The lowest BCUT2D eigenvalue weighted by atomic mass is 10.2. The van der Waals surface area contributed by atoms with Gasteiger partial charge in [-0.15, -0.1) is 0 Å². The number of benzene rings is 1. The van der Waals surface area contributed by atoms with Crippen LogP contribution in [0.1, 0.15) is 5.56 Å². The highest BCUT2D eigenvalue weighted by atomic mass is 32.2. The van der Waals surface area contributed by atoms with E-state index in [1.807, 2.05) is 0 Å². The van der Waals surface area contributed by atoms with Gasteiger partial charge in [-0.25, -0.2) is 4.79 Å². The van der Waals surface area contributed by atoms with E-state index in [1.54, 1.807) is 24.3 Å². The van der Waals surface area contributed by atoms with Crippen LogP contribution in [0.15, 0.2) is 29.1 Å². The highest BCUT2D eigenvalue weighted by Crippen LogP contribution is 2.13. The first-order valence-corrected chi connectivity index (χ1v) is 7.12. The molecule has 0 N–H and O–H groups in total. The van der Waals surface area contributed by atoms with Crippen LogP contribution < -0.4 is 5.69 Å². The van der Waals surface area contributed by atoms with E-state index in [4.69, 9.17) is 4.18 Å². The van der Waals surface area contributed by atoms with Gasteiger partial charge in [0.1, 0.15) is 0 Å². The quantitative estimate of drug-likeness (QED) is 0.698. The normalized spacial score (nSPS) is 11.7. The maximum atomic E-state index is 11.8. The number of aromatic nitrogens is 4. The van der Waals surface area contributed by atoms with Crippen molar-refractivity contribution in [3.05, 3.63) is 40.3 Å². The molecule has 9 heteroatoms. The Balaban J connectivity index is 2.42. The van der Waals surface area contributed by atoms with Crippen LogP contribution in [-0.2, 0) is 28.0 Å². The molecule has 0 spiro atoms. The van der Waals surface area contributed by atoms with E-state index in [0.717, 1.165) is 15.6 Å². The summed E-state index contributed by atoms with van der Waals surface area (Å²) in [5, 5.41) is 7.30. The lowest BCUT2D eigenvalue weighted by molar-refractivity contribution is 0.311. The molecule has 0 unspecified atom stereocenters. The predicted molar refractivity (Wildman–Crippen MR) is 66.2 cm³/mol. The maximum absolute atomic E-state index is 11.8. The van der Waals surface area contributed by atoms with Crippen molar-refractivity contribution in [2.45, 2.75) is 6.61 Å². The molecule has 0 aliphatic rings. The monoisotopic (exact) mass is 284 g/mol. The SMILES string of the molecule is Cn1nnn(-c2ccccc2COS(C)(=O)=O)c1=O. The van der Waals surface area contributed by atoms with Crippen molar-refractivity contribution in [1.82, 2.24) is 19.8 Å². The Morgan fingerprint density at radius 1 is 1.26 bits per heavy atom. The second kappa shape index (κ2) is 4.94. The Bertz CT molecular complexity index is 747. The topological polar surface area (TPSA) is 96.1 Å². The number of hydrogen-bond donors (Lipinski definition) is 0. The molecule has 0 saturated carbocycles. The average Bonchev–Trinajstić information content (AvgIpc) is 2.67. The second-order valence-electron chi connectivity index (χ2n) is 3.89. The van der Waals surface area contributed by atoms with E-state index in [9.17, 15) is 13.2 Å². The summed E-state index contributed by atoms with van der Waals surface area (Å²) in [6.45, 7) is -0.169. The van der Waals surface area contributed by atoms with Crippen molar-refractivity contribution >= 4 is 10.1 Å². The number of nitrogens with zero attached hydrogens (tertiary/aromatic N) is 4. The fourth-order valence-electron chi connectivity index (χ4n) is 1.47. The molecule has 102 valence electrons. The van der Waals surface area contributed by atoms with E-state index in [-0.39, 0.29) is 6.61 Å². The van der Waals surface area contributed by atoms with Crippen molar-refractivity contribution < 1.29 is 12.6 Å². The van der Waals surface area contributed by atoms with Crippen LogP contribution in [0.25, 0.3) is 5.69 Å². The number of hydrogen-bond acceptors (Lipinski definition) is 6. The summed E-state index contributed by atoms with van der Waals surface area (Å²) in [6, 6.07) is 6.71. The van der Waals surface area contributed by atoms with E-state index in [1.165, 1.54) is 7.05 Å². The number of aryl methyl sites for hydroxylation is 1. The molecule has 1 heterocycles. The number of rotatable bonds is 4. The predicted octanol–water partition coefficient (Wildman–Crippen LogP) is -0.558. The molecule has 0 radical (unpaired) electrons. The molecule has 0 aliphatic carbocycles. The fourth-order valence-corrected chi connectivity index (χ4v) is 1.82. The van der Waals surface area contributed by atoms with Gasteiger partial charge in [0.25, 0.3) is 10.1 Å². The van der Waals surface area contributed by atoms with Crippen molar-refractivity contribution in [2.75, 3.05) is 6.26 Å². The lowest BCUT2D eigenvalue weighted by Crippen LogP contribution is -2.23. The van der Waals surface area contributed by atoms with Gasteiger partial charge in [-0.1, -0.05) is 18.2 Å². The Morgan fingerprint density at radius 3 is 2.53 bits per heavy atom. The first-order valence-electron chi connectivity index (χ1n) is 5.30. The number of tetrazole rings is 1. The third-order valence-corrected chi connectivity index (χ3v) is 2.92. The first kappa shape index (κ1) is 13.4. The summed E-state index contributed by atoms with van der Waals surface area (Å²) in [6.07, 6.45) is 0.962. The van der Waals surface area contributed by atoms with Crippen LogP contribution in [0.5, 0.6) is 0 Å². The molecule has 0 aliphatic heterocycles. The molecule has 1 aromatic heterocycles. The van der Waals surface area contributed by atoms with Crippen LogP contribution in [0, 0.1) is 0 Å². The zero-order valence-corrected chi connectivity index (χ0v) is 11.2.